The van der Waals surface area contributed by atoms with Crippen LogP contribution in [0.5, 0.6) is 5.75 Å². The number of anilines is 1. The van der Waals surface area contributed by atoms with Gasteiger partial charge in [-0.2, -0.15) is 5.10 Å². The highest BCUT2D eigenvalue weighted by Gasteiger charge is 2.32. The Morgan fingerprint density at radius 2 is 2.03 bits per heavy atom. The molecule has 1 N–H and O–H groups in total. The fourth-order valence-electron chi connectivity index (χ4n) is 4.19. The van der Waals surface area contributed by atoms with Crippen LogP contribution < -0.4 is 20.5 Å². The van der Waals surface area contributed by atoms with E-state index in [2.05, 4.69) is 15.3 Å². The van der Waals surface area contributed by atoms with Crippen molar-refractivity contribution < 1.29 is 9.53 Å². The molecule has 2 fully saturated rings. The van der Waals surface area contributed by atoms with Crippen LogP contribution in [0.3, 0.4) is 0 Å². The van der Waals surface area contributed by atoms with Gasteiger partial charge >= 0.3 is 0 Å². The molecule has 1 aromatic carbocycles. The second kappa shape index (κ2) is 8.65. The fraction of sp³-hybridized carbons (Fsp3) is 0.476. The van der Waals surface area contributed by atoms with Gasteiger partial charge in [0.05, 0.1) is 25.0 Å². The predicted molar refractivity (Wildman–Crippen MR) is 110 cm³/mol. The molecule has 8 nitrogen and oxygen atoms in total. The zero-order valence-electron chi connectivity index (χ0n) is 16.7. The number of hydrogen-bond donors (Lipinski definition) is 1. The van der Waals surface area contributed by atoms with Gasteiger partial charge in [0.15, 0.2) is 0 Å². The summed E-state index contributed by atoms with van der Waals surface area (Å²) < 4.78 is 6.73. The molecule has 1 unspecified atom stereocenters. The maximum atomic E-state index is 13.0. The summed E-state index contributed by atoms with van der Waals surface area (Å²) in [6.07, 6.45) is 3.50. The summed E-state index contributed by atoms with van der Waals surface area (Å²) in [4.78, 5) is 29.5. The van der Waals surface area contributed by atoms with E-state index in [1.165, 1.54) is 4.68 Å². The van der Waals surface area contributed by atoms with E-state index in [0.29, 0.717) is 6.54 Å². The van der Waals surface area contributed by atoms with Gasteiger partial charge in [-0.05, 0) is 18.9 Å². The van der Waals surface area contributed by atoms with Crippen molar-refractivity contribution in [3.05, 3.63) is 52.4 Å². The largest absolute Gasteiger partial charge is 0.496 e. The number of carbonyl (C=O) groups excluding carboxylic acids is 1. The lowest BCUT2D eigenvalue weighted by Gasteiger charge is -2.29. The van der Waals surface area contributed by atoms with E-state index in [1.54, 1.807) is 19.4 Å². The lowest BCUT2D eigenvalue weighted by molar-refractivity contribution is -0.133. The van der Waals surface area contributed by atoms with E-state index >= 15 is 0 Å². The van der Waals surface area contributed by atoms with Crippen LogP contribution in [0.15, 0.2) is 41.3 Å². The van der Waals surface area contributed by atoms with E-state index < -0.39 is 0 Å². The highest BCUT2D eigenvalue weighted by Crippen LogP contribution is 2.36. The third-order valence-electron chi connectivity index (χ3n) is 5.69. The lowest BCUT2D eigenvalue weighted by Crippen LogP contribution is -2.44. The minimum absolute atomic E-state index is 0.0329. The summed E-state index contributed by atoms with van der Waals surface area (Å²) in [6.45, 7) is 4.10. The molecular formula is C21H27N5O3. The molecule has 1 aromatic heterocycles. The molecule has 29 heavy (non-hydrogen) atoms. The standard InChI is InChI=1S/C21H27N5O3/c1-29-19-7-3-2-5-17(19)18-6-4-10-25(18)21(28)15-26-20(27)13-16(14-23-26)24-11-8-22-9-12-24/h2-3,5,7,13-14,18,22H,4,6,8-12,15H2,1H3. The average molecular weight is 397 g/mol. The number of para-hydroxylation sites is 1. The van der Waals surface area contributed by atoms with Gasteiger partial charge in [-0.1, -0.05) is 18.2 Å². The smallest absolute Gasteiger partial charge is 0.269 e. The number of ether oxygens (including phenoxy) is 1. The Bertz CT molecular complexity index is 923. The van der Waals surface area contributed by atoms with Crippen molar-refractivity contribution in [2.45, 2.75) is 25.4 Å². The Morgan fingerprint density at radius 3 is 2.79 bits per heavy atom. The number of piperazine rings is 1. The number of nitrogens with one attached hydrogen (secondary N) is 1. The second-order valence-electron chi connectivity index (χ2n) is 7.43. The molecule has 0 radical (unpaired) electrons. The van der Waals surface area contributed by atoms with E-state index in [1.807, 2.05) is 29.2 Å². The number of aromatic nitrogens is 2. The van der Waals surface area contributed by atoms with Crippen molar-refractivity contribution >= 4 is 11.6 Å². The fourth-order valence-corrected chi connectivity index (χ4v) is 4.19. The molecule has 0 spiro atoms. The monoisotopic (exact) mass is 397 g/mol. The predicted octanol–water partition coefficient (Wildman–Crippen LogP) is 1.03. The van der Waals surface area contributed by atoms with Crippen LogP contribution in [-0.2, 0) is 11.3 Å². The van der Waals surface area contributed by atoms with Crippen molar-refractivity contribution in [3.8, 4) is 5.75 Å². The molecule has 2 aliphatic heterocycles. The first kappa shape index (κ1) is 19.4. The molecule has 2 saturated heterocycles. The van der Waals surface area contributed by atoms with Gasteiger partial charge in [-0.3, -0.25) is 9.59 Å². The van der Waals surface area contributed by atoms with Crippen molar-refractivity contribution in [2.24, 2.45) is 0 Å². The molecule has 3 heterocycles. The minimum Gasteiger partial charge on any atom is -0.496 e. The molecule has 1 amide bonds. The van der Waals surface area contributed by atoms with Gasteiger partial charge in [-0.15, -0.1) is 0 Å². The minimum atomic E-state index is -0.248. The lowest BCUT2D eigenvalue weighted by atomic mass is 10.0. The third kappa shape index (κ3) is 4.12. The van der Waals surface area contributed by atoms with Crippen LogP contribution in [-0.4, -0.2) is 60.4 Å². The Kier molecular flexibility index (Phi) is 5.80. The first-order valence-electron chi connectivity index (χ1n) is 10.1. The number of amides is 1. The number of benzene rings is 1. The number of likely N-dealkylation sites (tertiary alicyclic amines) is 1. The van der Waals surface area contributed by atoms with Gasteiger partial charge in [0, 0.05) is 44.4 Å². The van der Waals surface area contributed by atoms with Crippen LogP contribution in [0.1, 0.15) is 24.4 Å². The zero-order valence-corrected chi connectivity index (χ0v) is 16.7. The van der Waals surface area contributed by atoms with Crippen LogP contribution in [0, 0.1) is 0 Å². The quantitative estimate of drug-likeness (QED) is 0.812. The Labute approximate surface area is 170 Å². The Balaban J connectivity index is 1.49. The molecule has 154 valence electrons. The number of hydrogen-bond acceptors (Lipinski definition) is 6. The zero-order chi connectivity index (χ0) is 20.2. The van der Waals surface area contributed by atoms with E-state index in [9.17, 15) is 9.59 Å². The highest BCUT2D eigenvalue weighted by molar-refractivity contribution is 5.77. The summed E-state index contributed by atoms with van der Waals surface area (Å²) in [5.74, 6) is 0.691. The summed E-state index contributed by atoms with van der Waals surface area (Å²) >= 11 is 0. The van der Waals surface area contributed by atoms with Crippen LogP contribution in [0.2, 0.25) is 0 Å². The van der Waals surface area contributed by atoms with Gasteiger partial charge in [-0.25, -0.2) is 4.68 Å². The first-order valence-corrected chi connectivity index (χ1v) is 10.1. The molecule has 2 aliphatic rings. The van der Waals surface area contributed by atoms with Gasteiger partial charge < -0.3 is 19.9 Å². The van der Waals surface area contributed by atoms with Crippen molar-refractivity contribution in [1.82, 2.24) is 20.0 Å². The van der Waals surface area contributed by atoms with Crippen molar-refractivity contribution in [3.63, 3.8) is 0 Å². The molecule has 8 heteroatoms. The number of methoxy groups -OCH3 is 1. The SMILES string of the molecule is COc1ccccc1C1CCCN1C(=O)Cn1ncc(N2CCNCC2)cc1=O. The van der Waals surface area contributed by atoms with Crippen molar-refractivity contribution in [2.75, 3.05) is 44.7 Å². The van der Waals surface area contributed by atoms with Gasteiger partial charge in [0.1, 0.15) is 12.3 Å². The number of rotatable bonds is 5. The summed E-state index contributed by atoms with van der Waals surface area (Å²) in [5.41, 5.74) is 1.57. The second-order valence-corrected chi connectivity index (χ2v) is 7.43. The molecular weight excluding hydrogens is 370 g/mol. The van der Waals surface area contributed by atoms with Crippen LogP contribution in [0.25, 0.3) is 0 Å². The van der Waals surface area contributed by atoms with E-state index in [0.717, 1.165) is 56.0 Å². The third-order valence-corrected chi connectivity index (χ3v) is 5.69. The average Bonchev–Trinajstić information content (AvgIpc) is 3.25. The summed E-state index contributed by atoms with van der Waals surface area (Å²) in [7, 11) is 1.64. The number of nitrogens with zero attached hydrogens (tertiary/aromatic N) is 4. The molecule has 2 aromatic rings. The van der Waals surface area contributed by atoms with Gasteiger partial charge in [0.2, 0.25) is 5.91 Å². The van der Waals surface area contributed by atoms with Crippen LogP contribution >= 0.6 is 0 Å². The van der Waals surface area contributed by atoms with Gasteiger partial charge in [0.25, 0.3) is 5.56 Å². The number of carbonyl (C=O) groups is 1. The molecule has 0 saturated carbocycles. The van der Waals surface area contributed by atoms with E-state index in [4.69, 9.17) is 4.74 Å². The Hall–Kier alpha value is -2.87. The van der Waals surface area contributed by atoms with Crippen LogP contribution in [0.4, 0.5) is 5.69 Å². The summed E-state index contributed by atoms with van der Waals surface area (Å²) in [6, 6.07) is 9.34. The highest BCUT2D eigenvalue weighted by atomic mass is 16.5. The molecule has 0 aliphatic carbocycles. The summed E-state index contributed by atoms with van der Waals surface area (Å²) in [5, 5.41) is 7.56. The maximum Gasteiger partial charge on any atom is 0.269 e. The van der Waals surface area contributed by atoms with E-state index in [-0.39, 0.29) is 24.1 Å². The Morgan fingerprint density at radius 1 is 1.24 bits per heavy atom. The molecule has 0 bridgehead atoms. The normalized spacial score (nSPS) is 19.4. The topological polar surface area (TPSA) is 79.7 Å². The molecule has 1 atom stereocenters. The van der Waals surface area contributed by atoms with Crippen molar-refractivity contribution in [1.29, 1.82) is 0 Å². The molecule has 4 rings (SSSR count). The first-order chi connectivity index (χ1) is 14.2. The maximum absolute atomic E-state index is 13.0.